The van der Waals surface area contributed by atoms with Crippen LogP contribution in [0.3, 0.4) is 0 Å². The molecule has 2 rings (SSSR count). The number of rotatable bonds is 8. The van der Waals surface area contributed by atoms with Gasteiger partial charge in [0.2, 0.25) is 0 Å². The van der Waals surface area contributed by atoms with E-state index in [1.54, 1.807) is 24.3 Å². The van der Waals surface area contributed by atoms with Crippen LogP contribution in [0.15, 0.2) is 42.5 Å². The minimum absolute atomic E-state index is 0.0558. The number of benzene rings is 2. The topological polar surface area (TPSA) is 142 Å². The molecule has 0 radical (unpaired) electrons. The van der Waals surface area contributed by atoms with E-state index in [1.807, 2.05) is 6.07 Å². The number of alkyl carbamates (subject to hydrolysis) is 1. The van der Waals surface area contributed by atoms with Gasteiger partial charge in [-0.1, -0.05) is 30.3 Å². The second kappa shape index (κ2) is 9.62. The molecule has 28 heavy (non-hydrogen) atoms. The summed E-state index contributed by atoms with van der Waals surface area (Å²) in [7, 11) is 0. The molecule has 0 aliphatic heterocycles. The lowest BCUT2D eigenvalue weighted by Crippen LogP contribution is -2.30. The highest BCUT2D eigenvalue weighted by Gasteiger charge is 2.26. The Morgan fingerprint density at radius 1 is 1.25 bits per heavy atom. The molecule has 1 amide bonds. The minimum atomic E-state index is -1.79. The molecular formula is C18H19FN2O7. The first-order valence-corrected chi connectivity index (χ1v) is 8.27. The van der Waals surface area contributed by atoms with Crippen molar-refractivity contribution in [2.45, 2.75) is 25.2 Å². The number of phenolic OH excluding ortho intramolecular Hbond substituents is 1. The first-order valence-electron chi connectivity index (χ1n) is 8.27. The van der Waals surface area contributed by atoms with Gasteiger partial charge in [0, 0.05) is 24.2 Å². The summed E-state index contributed by atoms with van der Waals surface area (Å²) >= 11 is 0. The molecule has 0 spiro atoms. The van der Waals surface area contributed by atoms with Gasteiger partial charge in [0.1, 0.15) is 18.5 Å². The number of carbonyl (C=O) groups is 1. The maximum atomic E-state index is 13.9. The summed E-state index contributed by atoms with van der Waals surface area (Å²) in [5.41, 5.74) is -0.550. The number of carbonyl (C=O) groups excluding carboxylic acids is 1. The third kappa shape index (κ3) is 5.63. The number of nitro groups is 1. The zero-order valence-corrected chi connectivity index (χ0v) is 14.6. The molecule has 2 atom stereocenters. The van der Waals surface area contributed by atoms with E-state index in [9.17, 15) is 34.6 Å². The molecule has 2 aromatic rings. The van der Waals surface area contributed by atoms with E-state index in [-0.39, 0.29) is 19.6 Å². The lowest BCUT2D eigenvalue weighted by Gasteiger charge is -2.19. The Morgan fingerprint density at radius 3 is 2.57 bits per heavy atom. The van der Waals surface area contributed by atoms with Crippen LogP contribution >= 0.6 is 0 Å². The standard InChI is InChI=1S/C18H19FN2O7/c19-13-9-16(23)14(21(26)27)8-12(13)17(24)15(22)6-7-20-18(25)28-10-11-4-2-1-3-5-11/h1-5,8-9,15,17,22-24H,6-7,10H2,(H,20,25). The predicted octanol–water partition coefficient (Wildman–Crippen LogP) is 2.15. The number of ether oxygens (including phenoxy) is 1. The summed E-state index contributed by atoms with van der Waals surface area (Å²) in [4.78, 5) is 21.5. The Bertz CT molecular complexity index is 832. The molecule has 0 saturated carbocycles. The van der Waals surface area contributed by atoms with Gasteiger partial charge in [-0.25, -0.2) is 9.18 Å². The number of hydrogen-bond donors (Lipinski definition) is 4. The van der Waals surface area contributed by atoms with Gasteiger partial charge in [-0.05, 0) is 12.0 Å². The molecule has 0 aliphatic rings. The van der Waals surface area contributed by atoms with Crippen LogP contribution < -0.4 is 5.32 Å². The van der Waals surface area contributed by atoms with Crippen molar-refractivity contribution in [3.05, 3.63) is 69.5 Å². The summed E-state index contributed by atoms with van der Waals surface area (Å²) < 4.78 is 18.8. The van der Waals surface area contributed by atoms with Crippen molar-refractivity contribution in [2.75, 3.05) is 6.54 Å². The van der Waals surface area contributed by atoms with Gasteiger partial charge in [-0.2, -0.15) is 0 Å². The fraction of sp³-hybridized carbons (Fsp3) is 0.278. The molecule has 2 unspecified atom stereocenters. The Balaban J connectivity index is 1.85. The molecule has 0 aromatic heterocycles. The molecule has 9 nitrogen and oxygen atoms in total. The van der Waals surface area contributed by atoms with E-state index in [0.29, 0.717) is 12.1 Å². The Hall–Kier alpha value is -3.24. The lowest BCUT2D eigenvalue weighted by molar-refractivity contribution is -0.386. The van der Waals surface area contributed by atoms with E-state index >= 15 is 0 Å². The van der Waals surface area contributed by atoms with Gasteiger partial charge in [0.25, 0.3) is 0 Å². The summed E-state index contributed by atoms with van der Waals surface area (Å²) in [6.07, 6.45) is -4.22. The van der Waals surface area contributed by atoms with Gasteiger partial charge >= 0.3 is 11.8 Å². The molecule has 2 aromatic carbocycles. The minimum Gasteiger partial charge on any atom is -0.502 e. The van der Waals surface area contributed by atoms with Gasteiger partial charge in [0.15, 0.2) is 5.75 Å². The van der Waals surface area contributed by atoms with E-state index in [4.69, 9.17) is 4.74 Å². The lowest BCUT2D eigenvalue weighted by atomic mass is 10.0. The number of nitro benzene ring substituents is 1. The monoisotopic (exact) mass is 394 g/mol. The number of aromatic hydroxyl groups is 1. The van der Waals surface area contributed by atoms with Crippen molar-refractivity contribution in [1.82, 2.24) is 5.32 Å². The van der Waals surface area contributed by atoms with Gasteiger partial charge in [-0.3, -0.25) is 10.1 Å². The quantitative estimate of drug-likeness (QED) is 0.397. The number of halogens is 1. The highest BCUT2D eigenvalue weighted by atomic mass is 19.1. The average Bonchev–Trinajstić information content (AvgIpc) is 2.66. The van der Waals surface area contributed by atoms with Crippen molar-refractivity contribution in [2.24, 2.45) is 0 Å². The van der Waals surface area contributed by atoms with Crippen molar-refractivity contribution < 1.29 is 34.2 Å². The van der Waals surface area contributed by atoms with E-state index in [2.05, 4.69) is 5.32 Å². The number of nitrogens with zero attached hydrogens (tertiary/aromatic N) is 1. The first kappa shape index (κ1) is 21.1. The Labute approximate surface area is 159 Å². The number of hydrogen-bond acceptors (Lipinski definition) is 7. The maximum absolute atomic E-state index is 13.9. The van der Waals surface area contributed by atoms with Crippen molar-refractivity contribution in [1.29, 1.82) is 0 Å². The Kier molecular flexibility index (Phi) is 7.24. The zero-order chi connectivity index (χ0) is 20.7. The van der Waals surface area contributed by atoms with Gasteiger partial charge < -0.3 is 25.4 Å². The third-order valence-corrected chi connectivity index (χ3v) is 3.90. The molecule has 0 saturated heterocycles. The molecule has 0 heterocycles. The number of phenols is 1. The van der Waals surface area contributed by atoms with Crippen LogP contribution in [0.4, 0.5) is 14.9 Å². The highest BCUT2D eigenvalue weighted by molar-refractivity contribution is 5.67. The van der Waals surface area contributed by atoms with Crippen molar-refractivity contribution >= 4 is 11.8 Å². The number of nitrogens with one attached hydrogen (secondary N) is 1. The molecule has 0 aliphatic carbocycles. The smallest absolute Gasteiger partial charge is 0.407 e. The first-order chi connectivity index (χ1) is 13.3. The van der Waals surface area contributed by atoms with Crippen LogP contribution in [0, 0.1) is 15.9 Å². The van der Waals surface area contributed by atoms with Gasteiger partial charge in [-0.15, -0.1) is 0 Å². The molecule has 10 heteroatoms. The summed E-state index contributed by atoms with van der Waals surface area (Å²) in [6, 6.07) is 10.1. The number of amides is 1. The van der Waals surface area contributed by atoms with Crippen molar-refractivity contribution in [3.63, 3.8) is 0 Å². The summed E-state index contributed by atoms with van der Waals surface area (Å²) in [5, 5.41) is 42.6. The average molecular weight is 394 g/mol. The second-order valence-electron chi connectivity index (χ2n) is 5.91. The predicted molar refractivity (Wildman–Crippen MR) is 94.9 cm³/mol. The SMILES string of the molecule is O=C(NCCC(O)C(O)c1cc([N+](=O)[O-])c(O)cc1F)OCc1ccccc1. The Morgan fingerprint density at radius 2 is 1.93 bits per heavy atom. The van der Waals surface area contributed by atoms with Crippen LogP contribution in [-0.4, -0.2) is 39.0 Å². The maximum Gasteiger partial charge on any atom is 0.407 e. The summed E-state index contributed by atoms with van der Waals surface area (Å²) in [6.45, 7) is -0.0338. The normalized spacial score (nSPS) is 12.8. The molecule has 0 bridgehead atoms. The van der Waals surface area contributed by atoms with Crippen LogP contribution in [0.1, 0.15) is 23.7 Å². The molecule has 150 valence electrons. The highest BCUT2D eigenvalue weighted by Crippen LogP contribution is 2.32. The molecule has 0 fully saturated rings. The van der Waals surface area contributed by atoms with Crippen LogP contribution in [0.25, 0.3) is 0 Å². The van der Waals surface area contributed by atoms with Crippen LogP contribution in [-0.2, 0) is 11.3 Å². The van der Waals surface area contributed by atoms with E-state index in [0.717, 1.165) is 5.56 Å². The van der Waals surface area contributed by atoms with E-state index < -0.39 is 46.0 Å². The zero-order valence-electron chi connectivity index (χ0n) is 14.6. The number of aliphatic hydroxyl groups is 2. The van der Waals surface area contributed by atoms with Gasteiger partial charge in [0.05, 0.1) is 11.0 Å². The third-order valence-electron chi connectivity index (χ3n) is 3.90. The fourth-order valence-corrected chi connectivity index (χ4v) is 2.40. The summed E-state index contributed by atoms with van der Waals surface area (Å²) in [5.74, 6) is -2.00. The number of aliphatic hydroxyl groups excluding tert-OH is 2. The second-order valence-corrected chi connectivity index (χ2v) is 5.91. The van der Waals surface area contributed by atoms with E-state index in [1.165, 1.54) is 0 Å². The largest absolute Gasteiger partial charge is 0.502 e. The van der Waals surface area contributed by atoms with Crippen molar-refractivity contribution in [3.8, 4) is 5.75 Å². The molecule has 4 N–H and O–H groups in total. The van der Waals surface area contributed by atoms with Crippen LogP contribution in [0.5, 0.6) is 5.75 Å². The fourth-order valence-electron chi connectivity index (χ4n) is 2.40. The molecular weight excluding hydrogens is 375 g/mol. The van der Waals surface area contributed by atoms with Crippen LogP contribution in [0.2, 0.25) is 0 Å².